The van der Waals surface area contributed by atoms with Gasteiger partial charge in [0.1, 0.15) is 0 Å². The molecule has 0 saturated carbocycles. The van der Waals surface area contributed by atoms with Gasteiger partial charge in [-0.1, -0.05) is 13.8 Å². The molecular formula is C13H28N2. The number of hydrogen-bond acceptors (Lipinski definition) is 2. The molecule has 0 aliphatic carbocycles. The van der Waals surface area contributed by atoms with Crippen molar-refractivity contribution in [3.05, 3.63) is 0 Å². The molecule has 1 rings (SSSR count). The van der Waals surface area contributed by atoms with Crippen LogP contribution in [0.15, 0.2) is 0 Å². The van der Waals surface area contributed by atoms with Crippen molar-refractivity contribution in [2.24, 2.45) is 5.92 Å². The average Bonchev–Trinajstić information content (AvgIpc) is 2.14. The molecule has 1 N–H and O–H groups in total. The van der Waals surface area contributed by atoms with Crippen LogP contribution in [-0.2, 0) is 0 Å². The molecule has 0 aromatic heterocycles. The van der Waals surface area contributed by atoms with Crippen LogP contribution in [0.1, 0.15) is 47.5 Å². The molecule has 0 amide bonds. The Morgan fingerprint density at radius 2 is 1.47 bits per heavy atom. The van der Waals surface area contributed by atoms with Gasteiger partial charge in [0.15, 0.2) is 0 Å². The van der Waals surface area contributed by atoms with Crippen molar-refractivity contribution in [1.82, 2.24) is 10.2 Å². The molecule has 1 aliphatic heterocycles. The second-order valence-corrected chi connectivity index (χ2v) is 5.57. The molecule has 0 radical (unpaired) electrons. The summed E-state index contributed by atoms with van der Waals surface area (Å²) >= 11 is 0. The van der Waals surface area contributed by atoms with Crippen molar-refractivity contribution in [2.45, 2.75) is 65.6 Å². The Morgan fingerprint density at radius 1 is 1.00 bits per heavy atom. The van der Waals surface area contributed by atoms with Crippen molar-refractivity contribution >= 4 is 0 Å². The average molecular weight is 212 g/mol. The maximum absolute atomic E-state index is 3.64. The minimum Gasteiger partial charge on any atom is -0.312 e. The van der Waals surface area contributed by atoms with E-state index < -0.39 is 0 Å². The van der Waals surface area contributed by atoms with Crippen LogP contribution in [0.5, 0.6) is 0 Å². The fourth-order valence-corrected chi connectivity index (χ4v) is 2.31. The van der Waals surface area contributed by atoms with E-state index in [2.05, 4.69) is 44.8 Å². The monoisotopic (exact) mass is 212 g/mol. The lowest BCUT2D eigenvalue weighted by molar-refractivity contribution is 0.141. The smallest absolute Gasteiger partial charge is 0.00899 e. The van der Waals surface area contributed by atoms with Crippen LogP contribution in [0.25, 0.3) is 0 Å². The van der Waals surface area contributed by atoms with Crippen LogP contribution in [0.2, 0.25) is 0 Å². The van der Waals surface area contributed by atoms with E-state index >= 15 is 0 Å². The largest absolute Gasteiger partial charge is 0.312 e. The molecule has 0 bridgehead atoms. The molecule has 0 aromatic rings. The zero-order chi connectivity index (χ0) is 11.4. The third-order valence-electron chi connectivity index (χ3n) is 3.81. The second-order valence-electron chi connectivity index (χ2n) is 5.57. The summed E-state index contributed by atoms with van der Waals surface area (Å²) in [5, 5.41) is 3.64. The molecule has 1 fully saturated rings. The molecule has 0 aromatic carbocycles. The minimum absolute atomic E-state index is 0.669. The van der Waals surface area contributed by atoms with Gasteiger partial charge in [0.25, 0.3) is 0 Å². The first-order valence-electron chi connectivity index (χ1n) is 6.50. The number of rotatable bonds is 2. The summed E-state index contributed by atoms with van der Waals surface area (Å²) in [4.78, 5) is 2.67. The summed E-state index contributed by atoms with van der Waals surface area (Å²) in [5.74, 6) is 0.767. The van der Waals surface area contributed by atoms with E-state index in [0.29, 0.717) is 12.1 Å². The van der Waals surface area contributed by atoms with Gasteiger partial charge in [-0.05, 0) is 52.6 Å². The Morgan fingerprint density at radius 3 is 1.87 bits per heavy atom. The fourth-order valence-electron chi connectivity index (χ4n) is 2.31. The lowest BCUT2D eigenvalue weighted by Gasteiger charge is -2.36. The SMILES string of the molecule is CC1CCN(C(C)C(C)C)CCC(C)N1. The molecule has 1 heterocycles. The van der Waals surface area contributed by atoms with Crippen LogP contribution in [0, 0.1) is 5.92 Å². The van der Waals surface area contributed by atoms with Gasteiger partial charge in [0, 0.05) is 18.1 Å². The Kier molecular flexibility index (Phi) is 5.07. The predicted octanol–water partition coefficient (Wildman–Crippen LogP) is 2.49. The van der Waals surface area contributed by atoms with Gasteiger partial charge in [0.05, 0.1) is 0 Å². The summed E-state index contributed by atoms with van der Waals surface area (Å²) in [6.07, 6.45) is 2.56. The van der Waals surface area contributed by atoms with Gasteiger partial charge in [-0.25, -0.2) is 0 Å². The Bertz CT molecular complexity index is 167. The highest BCUT2D eigenvalue weighted by molar-refractivity contribution is 4.78. The maximum atomic E-state index is 3.64. The number of nitrogens with zero attached hydrogens (tertiary/aromatic N) is 1. The van der Waals surface area contributed by atoms with E-state index in [1.54, 1.807) is 0 Å². The normalized spacial score (nSPS) is 32.4. The van der Waals surface area contributed by atoms with Crippen molar-refractivity contribution in [1.29, 1.82) is 0 Å². The molecule has 3 atom stereocenters. The molecular weight excluding hydrogens is 184 g/mol. The van der Waals surface area contributed by atoms with Crippen LogP contribution in [0.3, 0.4) is 0 Å². The zero-order valence-electron chi connectivity index (χ0n) is 11.1. The van der Waals surface area contributed by atoms with Gasteiger partial charge in [-0.2, -0.15) is 0 Å². The van der Waals surface area contributed by atoms with E-state index in [4.69, 9.17) is 0 Å². The lowest BCUT2D eigenvalue weighted by atomic mass is 10.0. The quantitative estimate of drug-likeness (QED) is 0.756. The fraction of sp³-hybridized carbons (Fsp3) is 1.00. The summed E-state index contributed by atoms with van der Waals surface area (Å²) in [6.45, 7) is 14.1. The first-order valence-corrected chi connectivity index (χ1v) is 6.50. The maximum Gasteiger partial charge on any atom is 0.00899 e. The molecule has 2 nitrogen and oxygen atoms in total. The first kappa shape index (κ1) is 13.0. The summed E-state index contributed by atoms with van der Waals surface area (Å²) in [5.41, 5.74) is 0. The number of hydrogen-bond donors (Lipinski definition) is 1. The van der Waals surface area contributed by atoms with Gasteiger partial charge < -0.3 is 10.2 Å². The van der Waals surface area contributed by atoms with E-state index in [1.807, 2.05) is 0 Å². The lowest BCUT2D eigenvalue weighted by Crippen LogP contribution is -2.46. The van der Waals surface area contributed by atoms with Crippen molar-refractivity contribution in [2.75, 3.05) is 13.1 Å². The van der Waals surface area contributed by atoms with Gasteiger partial charge in [-0.3, -0.25) is 0 Å². The molecule has 90 valence electrons. The van der Waals surface area contributed by atoms with Gasteiger partial charge in [-0.15, -0.1) is 0 Å². The van der Waals surface area contributed by atoms with E-state index in [9.17, 15) is 0 Å². The molecule has 3 unspecified atom stereocenters. The molecule has 1 saturated heterocycles. The molecule has 15 heavy (non-hydrogen) atoms. The van der Waals surface area contributed by atoms with Gasteiger partial charge >= 0.3 is 0 Å². The van der Waals surface area contributed by atoms with E-state index in [0.717, 1.165) is 12.0 Å². The van der Waals surface area contributed by atoms with E-state index in [1.165, 1.54) is 25.9 Å². The van der Waals surface area contributed by atoms with Crippen LogP contribution in [-0.4, -0.2) is 36.1 Å². The number of nitrogens with one attached hydrogen (secondary N) is 1. The second kappa shape index (κ2) is 5.86. The van der Waals surface area contributed by atoms with Crippen LogP contribution < -0.4 is 5.32 Å². The van der Waals surface area contributed by atoms with E-state index in [-0.39, 0.29) is 0 Å². The first-order chi connectivity index (χ1) is 7.00. The van der Waals surface area contributed by atoms with Crippen molar-refractivity contribution < 1.29 is 0 Å². The van der Waals surface area contributed by atoms with Gasteiger partial charge in [0.2, 0.25) is 0 Å². The highest BCUT2D eigenvalue weighted by Gasteiger charge is 2.21. The Balaban J connectivity index is 2.50. The molecule has 1 aliphatic rings. The van der Waals surface area contributed by atoms with Crippen LogP contribution in [0.4, 0.5) is 0 Å². The Hall–Kier alpha value is -0.0800. The van der Waals surface area contributed by atoms with Crippen molar-refractivity contribution in [3.8, 4) is 0 Å². The highest BCUT2D eigenvalue weighted by atomic mass is 15.2. The zero-order valence-corrected chi connectivity index (χ0v) is 11.1. The van der Waals surface area contributed by atoms with Crippen molar-refractivity contribution in [3.63, 3.8) is 0 Å². The highest BCUT2D eigenvalue weighted by Crippen LogP contribution is 2.14. The summed E-state index contributed by atoms with van der Waals surface area (Å²) in [6, 6.07) is 2.06. The summed E-state index contributed by atoms with van der Waals surface area (Å²) < 4.78 is 0. The standard InChI is InChI=1S/C13H28N2/c1-10(2)13(5)15-8-6-11(3)14-12(4)7-9-15/h10-14H,6-9H2,1-5H3. The summed E-state index contributed by atoms with van der Waals surface area (Å²) in [7, 11) is 0. The third-order valence-corrected chi connectivity index (χ3v) is 3.81. The third kappa shape index (κ3) is 4.12. The Labute approximate surface area is 95.4 Å². The predicted molar refractivity (Wildman–Crippen MR) is 67.2 cm³/mol. The minimum atomic E-state index is 0.669. The molecule has 2 heteroatoms. The molecule has 0 spiro atoms. The van der Waals surface area contributed by atoms with Crippen LogP contribution >= 0.6 is 0 Å². The topological polar surface area (TPSA) is 15.3 Å².